The summed E-state index contributed by atoms with van der Waals surface area (Å²) < 4.78 is 7.44. The van der Waals surface area contributed by atoms with Gasteiger partial charge in [0.2, 0.25) is 0 Å². The van der Waals surface area contributed by atoms with E-state index in [9.17, 15) is 0 Å². The Labute approximate surface area is 94.6 Å². The molecule has 0 saturated carbocycles. The van der Waals surface area contributed by atoms with Crippen molar-refractivity contribution in [2.45, 2.75) is 25.1 Å². The summed E-state index contributed by atoms with van der Waals surface area (Å²) >= 11 is 5.77. The summed E-state index contributed by atoms with van der Waals surface area (Å²) in [5, 5.41) is 8.32. The van der Waals surface area contributed by atoms with Crippen LogP contribution in [0.3, 0.4) is 0 Å². The highest BCUT2D eigenvalue weighted by Crippen LogP contribution is 2.30. The van der Waals surface area contributed by atoms with Gasteiger partial charge in [0.05, 0.1) is 5.88 Å². The van der Waals surface area contributed by atoms with Crippen LogP contribution in [0.1, 0.15) is 30.9 Å². The van der Waals surface area contributed by atoms with Gasteiger partial charge in [0.1, 0.15) is 11.6 Å². The number of halogens is 1. The van der Waals surface area contributed by atoms with Gasteiger partial charge in [0.25, 0.3) is 0 Å². The number of rotatable bonds is 2. The Morgan fingerprint density at radius 1 is 1.53 bits per heavy atom. The van der Waals surface area contributed by atoms with E-state index in [0.29, 0.717) is 17.7 Å². The van der Waals surface area contributed by atoms with E-state index < -0.39 is 0 Å². The lowest BCUT2D eigenvalue weighted by molar-refractivity contribution is 0.0445. The van der Waals surface area contributed by atoms with Gasteiger partial charge >= 0.3 is 0 Å². The maximum atomic E-state index is 5.77. The van der Waals surface area contributed by atoms with Crippen LogP contribution in [0, 0.1) is 5.92 Å². The third-order valence-corrected chi connectivity index (χ3v) is 3.33. The number of alkyl halides is 1. The Kier molecular flexibility index (Phi) is 3.26. The van der Waals surface area contributed by atoms with Crippen molar-refractivity contribution < 1.29 is 4.74 Å². The minimum Gasteiger partial charge on any atom is -0.381 e. The van der Waals surface area contributed by atoms with E-state index in [4.69, 9.17) is 16.3 Å². The van der Waals surface area contributed by atoms with Crippen LogP contribution in [-0.2, 0) is 17.7 Å². The third kappa shape index (κ3) is 2.01. The van der Waals surface area contributed by atoms with Gasteiger partial charge in [-0.15, -0.1) is 21.8 Å². The predicted molar refractivity (Wildman–Crippen MR) is 57.9 cm³/mol. The highest BCUT2D eigenvalue weighted by atomic mass is 35.5. The largest absolute Gasteiger partial charge is 0.381 e. The van der Waals surface area contributed by atoms with Crippen LogP contribution in [0.15, 0.2) is 0 Å². The Balaban J connectivity index is 2.23. The molecule has 84 valence electrons. The molecule has 0 aliphatic carbocycles. The maximum Gasteiger partial charge on any atom is 0.147 e. The van der Waals surface area contributed by atoms with E-state index in [2.05, 4.69) is 17.1 Å². The molecule has 2 rings (SSSR count). The van der Waals surface area contributed by atoms with E-state index in [1.165, 1.54) is 0 Å². The number of aromatic nitrogens is 3. The van der Waals surface area contributed by atoms with Gasteiger partial charge in [-0.3, -0.25) is 0 Å². The molecule has 0 N–H and O–H groups in total. The number of hydrogen-bond donors (Lipinski definition) is 0. The van der Waals surface area contributed by atoms with Crippen LogP contribution in [-0.4, -0.2) is 28.0 Å². The molecule has 1 saturated heterocycles. The fraction of sp³-hybridized carbons (Fsp3) is 0.800. The summed E-state index contributed by atoms with van der Waals surface area (Å²) in [7, 11) is 1.98. The highest BCUT2D eigenvalue weighted by molar-refractivity contribution is 6.16. The summed E-state index contributed by atoms with van der Waals surface area (Å²) in [5.74, 6) is 3.26. The maximum absolute atomic E-state index is 5.77. The summed E-state index contributed by atoms with van der Waals surface area (Å²) in [4.78, 5) is 0. The molecule has 2 heterocycles. The highest BCUT2D eigenvalue weighted by Gasteiger charge is 2.27. The standard InChI is InChI=1S/C10H16ClN3O/c1-7-6-15-4-3-8(7)10-13-12-9(5-11)14(10)2/h7-8H,3-6H2,1-2H3. The smallest absolute Gasteiger partial charge is 0.147 e. The number of nitrogens with zero attached hydrogens (tertiary/aromatic N) is 3. The van der Waals surface area contributed by atoms with Crippen molar-refractivity contribution in [2.75, 3.05) is 13.2 Å². The van der Waals surface area contributed by atoms with Crippen molar-refractivity contribution >= 4 is 11.6 Å². The Hall–Kier alpha value is -0.610. The van der Waals surface area contributed by atoms with Crippen molar-refractivity contribution in [3.63, 3.8) is 0 Å². The van der Waals surface area contributed by atoms with Crippen molar-refractivity contribution in [2.24, 2.45) is 13.0 Å². The first-order valence-corrected chi connectivity index (χ1v) is 5.79. The van der Waals surface area contributed by atoms with Gasteiger partial charge in [0, 0.05) is 26.2 Å². The quantitative estimate of drug-likeness (QED) is 0.725. The number of hydrogen-bond acceptors (Lipinski definition) is 3. The second-order valence-corrected chi connectivity index (χ2v) is 4.38. The SMILES string of the molecule is CC1COCCC1c1nnc(CCl)n1C. The molecule has 0 radical (unpaired) electrons. The molecule has 2 atom stereocenters. The van der Waals surface area contributed by atoms with Crippen molar-refractivity contribution in [1.29, 1.82) is 0 Å². The average Bonchev–Trinajstić information content (AvgIpc) is 2.60. The van der Waals surface area contributed by atoms with E-state index in [0.717, 1.165) is 31.3 Å². The zero-order valence-electron chi connectivity index (χ0n) is 9.11. The molecule has 0 bridgehead atoms. The minimum atomic E-state index is 0.418. The van der Waals surface area contributed by atoms with Gasteiger partial charge in [-0.05, 0) is 12.3 Å². The lowest BCUT2D eigenvalue weighted by atomic mass is 9.89. The van der Waals surface area contributed by atoms with Gasteiger partial charge in [-0.25, -0.2) is 0 Å². The zero-order chi connectivity index (χ0) is 10.8. The normalized spacial score (nSPS) is 26.9. The van der Waals surface area contributed by atoms with Gasteiger partial charge in [-0.1, -0.05) is 6.92 Å². The monoisotopic (exact) mass is 229 g/mol. The molecule has 0 spiro atoms. The van der Waals surface area contributed by atoms with Crippen LogP contribution in [0.2, 0.25) is 0 Å². The molecular formula is C10H16ClN3O. The topological polar surface area (TPSA) is 39.9 Å². The second-order valence-electron chi connectivity index (χ2n) is 4.11. The fourth-order valence-electron chi connectivity index (χ4n) is 2.08. The number of ether oxygens (including phenoxy) is 1. The molecule has 0 aromatic carbocycles. The molecule has 4 nitrogen and oxygen atoms in total. The summed E-state index contributed by atoms with van der Waals surface area (Å²) in [6, 6.07) is 0. The fourth-order valence-corrected chi connectivity index (χ4v) is 2.31. The molecule has 1 aliphatic heterocycles. The lowest BCUT2D eigenvalue weighted by Gasteiger charge is -2.27. The van der Waals surface area contributed by atoms with E-state index in [-0.39, 0.29) is 0 Å². The van der Waals surface area contributed by atoms with Crippen molar-refractivity contribution in [3.8, 4) is 0 Å². The average molecular weight is 230 g/mol. The van der Waals surface area contributed by atoms with E-state index >= 15 is 0 Å². The van der Waals surface area contributed by atoms with Crippen LogP contribution in [0.4, 0.5) is 0 Å². The molecular weight excluding hydrogens is 214 g/mol. The Morgan fingerprint density at radius 3 is 2.93 bits per heavy atom. The first-order chi connectivity index (χ1) is 7.24. The first kappa shape index (κ1) is 10.9. The Morgan fingerprint density at radius 2 is 2.33 bits per heavy atom. The van der Waals surface area contributed by atoms with E-state index in [1.807, 2.05) is 11.6 Å². The molecule has 1 fully saturated rings. The molecule has 1 aliphatic rings. The Bertz CT molecular complexity index is 339. The summed E-state index contributed by atoms with van der Waals surface area (Å²) in [6.07, 6.45) is 1.02. The van der Waals surface area contributed by atoms with E-state index in [1.54, 1.807) is 0 Å². The second kappa shape index (κ2) is 4.49. The molecule has 5 heteroatoms. The van der Waals surface area contributed by atoms with Gasteiger partial charge < -0.3 is 9.30 Å². The van der Waals surface area contributed by atoms with Crippen LogP contribution < -0.4 is 0 Å². The van der Waals surface area contributed by atoms with Gasteiger partial charge in [-0.2, -0.15) is 0 Å². The third-order valence-electron chi connectivity index (χ3n) is 3.09. The van der Waals surface area contributed by atoms with Crippen LogP contribution in [0.25, 0.3) is 0 Å². The first-order valence-electron chi connectivity index (χ1n) is 5.26. The van der Waals surface area contributed by atoms with Crippen LogP contribution in [0.5, 0.6) is 0 Å². The summed E-state index contributed by atoms with van der Waals surface area (Å²) in [6.45, 7) is 3.82. The molecule has 0 amide bonds. The molecule has 2 unspecified atom stereocenters. The predicted octanol–water partition coefficient (Wildman–Crippen LogP) is 1.69. The summed E-state index contributed by atoms with van der Waals surface area (Å²) in [5.41, 5.74) is 0. The van der Waals surface area contributed by atoms with Crippen LogP contribution >= 0.6 is 11.6 Å². The van der Waals surface area contributed by atoms with Crippen molar-refractivity contribution in [3.05, 3.63) is 11.6 Å². The minimum absolute atomic E-state index is 0.418. The molecule has 1 aromatic heterocycles. The van der Waals surface area contributed by atoms with Gasteiger partial charge in [0.15, 0.2) is 0 Å². The molecule has 15 heavy (non-hydrogen) atoms. The lowest BCUT2D eigenvalue weighted by Crippen LogP contribution is -2.25. The zero-order valence-corrected chi connectivity index (χ0v) is 9.87. The molecule has 1 aromatic rings. The van der Waals surface area contributed by atoms with Crippen molar-refractivity contribution in [1.82, 2.24) is 14.8 Å².